The van der Waals surface area contributed by atoms with E-state index in [1.807, 2.05) is 0 Å². The lowest BCUT2D eigenvalue weighted by molar-refractivity contribution is -0.128. The van der Waals surface area contributed by atoms with Crippen LogP contribution in [0.5, 0.6) is 5.75 Å². The molecule has 0 saturated heterocycles. The van der Waals surface area contributed by atoms with Gasteiger partial charge in [0, 0.05) is 27.5 Å². The highest BCUT2D eigenvalue weighted by Gasteiger charge is 2.30. The maximum atomic E-state index is 12.7. The van der Waals surface area contributed by atoms with Crippen LogP contribution in [0.1, 0.15) is 36.2 Å². The van der Waals surface area contributed by atoms with E-state index < -0.39 is 6.10 Å². The summed E-state index contributed by atoms with van der Waals surface area (Å²) in [6.45, 7) is 0.382. The first-order valence-corrected chi connectivity index (χ1v) is 11.7. The molecule has 0 radical (unpaired) electrons. The molecule has 3 aromatic rings. The lowest BCUT2D eigenvalue weighted by Crippen LogP contribution is -2.50. The topological polar surface area (TPSA) is 92.6 Å². The Kier molecular flexibility index (Phi) is 6.08. The van der Waals surface area contributed by atoms with Crippen LogP contribution in [-0.4, -0.2) is 36.5 Å². The second-order valence-electron chi connectivity index (χ2n) is 8.45. The molecule has 1 saturated carbocycles. The van der Waals surface area contributed by atoms with Crippen molar-refractivity contribution in [3.63, 3.8) is 0 Å². The largest absolute Gasteiger partial charge is 0.477 e. The number of halogens is 2. The predicted octanol–water partition coefficient (Wildman–Crippen LogP) is 4.77. The Bertz CT molecular complexity index is 1200. The first-order chi connectivity index (χ1) is 15.9. The monoisotopic (exact) mass is 487 g/mol. The molecule has 0 spiro atoms. The van der Waals surface area contributed by atoms with Crippen LogP contribution in [0.4, 0.5) is 5.69 Å². The maximum absolute atomic E-state index is 12.7. The van der Waals surface area contributed by atoms with Gasteiger partial charge in [0.2, 0.25) is 0 Å². The summed E-state index contributed by atoms with van der Waals surface area (Å²) in [6.07, 6.45) is 2.50. The minimum Gasteiger partial charge on any atom is -0.477 e. The zero-order chi connectivity index (χ0) is 22.9. The Labute approximate surface area is 200 Å². The highest BCUT2D eigenvalue weighted by Crippen LogP contribution is 2.32. The number of amides is 2. The number of carbonyl (C=O) groups is 2. The van der Waals surface area contributed by atoms with Crippen LogP contribution in [0.25, 0.3) is 11.0 Å². The van der Waals surface area contributed by atoms with Crippen molar-refractivity contribution in [2.75, 3.05) is 11.9 Å². The lowest BCUT2D eigenvalue weighted by atomic mass is 9.91. The molecule has 33 heavy (non-hydrogen) atoms. The molecule has 1 atom stereocenters. The zero-order valence-corrected chi connectivity index (χ0v) is 19.2. The Morgan fingerprint density at radius 1 is 0.909 bits per heavy atom. The quantitative estimate of drug-likeness (QED) is 0.492. The van der Waals surface area contributed by atoms with Gasteiger partial charge in [-0.25, -0.2) is 0 Å². The molecule has 0 bridgehead atoms. The normalized spacial score (nSPS) is 22.1. The molecule has 2 amide bonds. The molecule has 3 N–H and O–H groups in total. The van der Waals surface area contributed by atoms with Crippen LogP contribution < -0.4 is 20.7 Å². The van der Waals surface area contributed by atoms with Gasteiger partial charge in [-0.05, 0) is 68.1 Å². The molecule has 172 valence electrons. The predicted molar refractivity (Wildman–Crippen MR) is 127 cm³/mol. The summed E-state index contributed by atoms with van der Waals surface area (Å²) in [5.41, 5.74) is 1.41. The molecule has 2 heterocycles. The molecule has 2 aromatic carbocycles. The van der Waals surface area contributed by atoms with Crippen LogP contribution in [-0.2, 0) is 4.79 Å². The third-order valence-corrected chi connectivity index (χ3v) is 6.56. The first kappa shape index (κ1) is 21.9. The van der Waals surface area contributed by atoms with Gasteiger partial charge in [-0.3, -0.25) is 9.59 Å². The molecular weight excluding hydrogens is 465 g/mol. The maximum Gasteiger partial charge on any atom is 0.287 e. The number of hydrogen-bond acceptors (Lipinski definition) is 5. The fraction of sp³-hybridized carbons (Fsp3) is 0.333. The fourth-order valence-electron chi connectivity index (χ4n) is 4.35. The van der Waals surface area contributed by atoms with Crippen molar-refractivity contribution in [1.82, 2.24) is 10.6 Å². The van der Waals surface area contributed by atoms with Crippen molar-refractivity contribution in [2.45, 2.75) is 43.9 Å². The Morgan fingerprint density at radius 3 is 2.39 bits per heavy atom. The molecule has 1 unspecified atom stereocenters. The third-order valence-electron chi connectivity index (χ3n) is 6.09. The van der Waals surface area contributed by atoms with Gasteiger partial charge in [-0.15, -0.1) is 0 Å². The average Bonchev–Trinajstić information content (AvgIpc) is 3.23. The van der Waals surface area contributed by atoms with E-state index in [1.54, 1.807) is 42.5 Å². The van der Waals surface area contributed by atoms with Gasteiger partial charge in [0.1, 0.15) is 11.3 Å². The number of nitrogens with one attached hydrogen (secondary N) is 3. The minimum absolute atomic E-state index is 0.0340. The lowest BCUT2D eigenvalue weighted by Gasteiger charge is -2.32. The zero-order valence-electron chi connectivity index (χ0n) is 17.7. The van der Waals surface area contributed by atoms with Crippen molar-refractivity contribution in [3.05, 3.63) is 58.3 Å². The van der Waals surface area contributed by atoms with Gasteiger partial charge in [-0.2, -0.15) is 0 Å². The van der Waals surface area contributed by atoms with Crippen LogP contribution in [0.2, 0.25) is 10.0 Å². The third kappa shape index (κ3) is 4.89. The van der Waals surface area contributed by atoms with Crippen molar-refractivity contribution in [3.8, 4) is 5.75 Å². The summed E-state index contributed by atoms with van der Waals surface area (Å²) >= 11 is 12.0. The number of fused-ring (bicyclic) bond motifs is 2. The molecule has 9 heteroatoms. The summed E-state index contributed by atoms with van der Waals surface area (Å²) < 4.78 is 11.5. The van der Waals surface area contributed by atoms with E-state index in [-0.39, 0.29) is 29.7 Å². The van der Waals surface area contributed by atoms with Gasteiger partial charge in [0.05, 0.1) is 12.2 Å². The highest BCUT2D eigenvalue weighted by atomic mass is 35.5. The Balaban J connectivity index is 1.11. The molecule has 1 aromatic heterocycles. The number of furan rings is 1. The summed E-state index contributed by atoms with van der Waals surface area (Å²) in [5, 5.41) is 11.3. The van der Waals surface area contributed by atoms with Crippen LogP contribution >= 0.6 is 23.2 Å². The number of rotatable bonds is 4. The summed E-state index contributed by atoms with van der Waals surface area (Å²) in [5.74, 6) is 0.503. The summed E-state index contributed by atoms with van der Waals surface area (Å²) in [4.78, 5) is 25.3. The molecule has 2 aliphatic rings. The van der Waals surface area contributed by atoms with Crippen molar-refractivity contribution in [2.24, 2.45) is 0 Å². The van der Waals surface area contributed by atoms with Gasteiger partial charge in [0.15, 0.2) is 11.9 Å². The average molecular weight is 488 g/mol. The van der Waals surface area contributed by atoms with Crippen molar-refractivity contribution >= 4 is 51.7 Å². The van der Waals surface area contributed by atoms with Gasteiger partial charge >= 0.3 is 0 Å². The van der Waals surface area contributed by atoms with E-state index in [0.717, 1.165) is 36.8 Å². The Morgan fingerprint density at radius 2 is 1.61 bits per heavy atom. The number of ether oxygens (including phenoxy) is 1. The molecule has 7 nitrogen and oxygen atoms in total. The SMILES string of the molecule is O=C(NC1CCC(NC(=O)C2CNc3cc(Cl)ccc3O2)CC1)c1cc2cc(Cl)ccc2o1. The molecular formula is C24H23Cl2N3O4. The van der Waals surface area contributed by atoms with E-state index in [1.165, 1.54) is 0 Å². The van der Waals surface area contributed by atoms with E-state index in [4.69, 9.17) is 32.4 Å². The standard InChI is InChI=1S/C24H23Cl2N3O4/c25-14-1-7-19-13(9-14)10-21(32-19)23(30)28-16-3-5-17(6-4-16)29-24(31)22-12-27-18-11-15(26)2-8-20(18)33-22/h1-2,7-11,16-17,22,27H,3-6,12H2,(H,28,30)(H,29,31). The second-order valence-corrected chi connectivity index (χ2v) is 9.32. The molecule has 1 aliphatic heterocycles. The Hall–Kier alpha value is -2.90. The van der Waals surface area contributed by atoms with Gasteiger partial charge in [-0.1, -0.05) is 23.2 Å². The summed E-state index contributed by atoms with van der Waals surface area (Å²) in [6, 6.07) is 12.3. The fourth-order valence-corrected chi connectivity index (χ4v) is 4.70. The number of anilines is 1. The molecule has 1 aliphatic carbocycles. The summed E-state index contributed by atoms with van der Waals surface area (Å²) in [7, 11) is 0. The molecule has 5 rings (SSSR count). The van der Waals surface area contributed by atoms with E-state index in [9.17, 15) is 9.59 Å². The van der Waals surface area contributed by atoms with Crippen molar-refractivity contribution < 1.29 is 18.7 Å². The number of benzene rings is 2. The molecule has 1 fully saturated rings. The smallest absolute Gasteiger partial charge is 0.287 e. The van der Waals surface area contributed by atoms with Gasteiger partial charge in [0.25, 0.3) is 11.8 Å². The van der Waals surface area contributed by atoms with Crippen LogP contribution in [0.15, 0.2) is 46.9 Å². The number of hydrogen-bond donors (Lipinski definition) is 3. The van der Waals surface area contributed by atoms with E-state index in [0.29, 0.717) is 27.9 Å². The van der Waals surface area contributed by atoms with E-state index in [2.05, 4.69) is 16.0 Å². The highest BCUT2D eigenvalue weighted by molar-refractivity contribution is 6.31. The minimum atomic E-state index is -0.599. The first-order valence-electron chi connectivity index (χ1n) is 10.9. The van der Waals surface area contributed by atoms with Gasteiger partial charge < -0.3 is 25.1 Å². The van der Waals surface area contributed by atoms with E-state index >= 15 is 0 Å². The van der Waals surface area contributed by atoms with Crippen molar-refractivity contribution in [1.29, 1.82) is 0 Å². The van der Waals surface area contributed by atoms with Crippen LogP contribution in [0.3, 0.4) is 0 Å². The second kappa shape index (κ2) is 9.15. The van der Waals surface area contributed by atoms with Crippen LogP contribution in [0, 0.1) is 0 Å². The number of carbonyl (C=O) groups excluding carboxylic acids is 2.